The van der Waals surface area contributed by atoms with Crippen molar-refractivity contribution in [2.45, 2.75) is 6.18 Å². The third kappa shape index (κ3) is 2.56. The van der Waals surface area contributed by atoms with Gasteiger partial charge < -0.3 is 15.8 Å². The van der Waals surface area contributed by atoms with Crippen LogP contribution in [-0.2, 0) is 6.18 Å². The van der Waals surface area contributed by atoms with Gasteiger partial charge in [-0.15, -0.1) is 0 Å². The summed E-state index contributed by atoms with van der Waals surface area (Å²) in [5.74, 6) is -0.464. The number of methoxy groups -OCH3 is 1. The average Bonchev–Trinajstić information content (AvgIpc) is 2.15. The van der Waals surface area contributed by atoms with Crippen LogP contribution in [0.5, 0.6) is 5.75 Å². The Hall–Kier alpha value is -1.92. The van der Waals surface area contributed by atoms with Gasteiger partial charge in [0.05, 0.1) is 18.4 Å². The SMILES string of the molecule is COc1c(NC(N)=O)cccc1C(F)(F)F. The lowest BCUT2D eigenvalue weighted by molar-refractivity contribution is -0.138. The van der Waals surface area contributed by atoms with Gasteiger partial charge in [0.25, 0.3) is 0 Å². The van der Waals surface area contributed by atoms with Crippen molar-refractivity contribution < 1.29 is 22.7 Å². The second kappa shape index (κ2) is 4.30. The molecule has 0 fully saturated rings. The lowest BCUT2D eigenvalue weighted by atomic mass is 10.1. The first-order chi connectivity index (χ1) is 7.36. The first-order valence-electron chi connectivity index (χ1n) is 4.17. The number of benzene rings is 1. The molecule has 88 valence electrons. The van der Waals surface area contributed by atoms with Gasteiger partial charge in [-0.1, -0.05) is 6.07 Å². The molecule has 0 spiro atoms. The highest BCUT2D eigenvalue weighted by Crippen LogP contribution is 2.40. The van der Waals surface area contributed by atoms with Crippen molar-refractivity contribution in [1.82, 2.24) is 0 Å². The highest BCUT2D eigenvalue weighted by atomic mass is 19.4. The number of rotatable bonds is 2. The van der Waals surface area contributed by atoms with Crippen molar-refractivity contribution in [3.63, 3.8) is 0 Å². The third-order valence-electron chi connectivity index (χ3n) is 1.78. The fraction of sp³-hybridized carbons (Fsp3) is 0.222. The van der Waals surface area contributed by atoms with E-state index in [4.69, 9.17) is 5.73 Å². The Morgan fingerprint density at radius 1 is 1.44 bits per heavy atom. The lowest BCUT2D eigenvalue weighted by Crippen LogP contribution is -2.20. The molecule has 0 aliphatic heterocycles. The Labute approximate surface area is 89.2 Å². The number of nitrogens with two attached hydrogens (primary N) is 1. The van der Waals surface area contributed by atoms with Gasteiger partial charge in [0, 0.05) is 0 Å². The number of hydrogen-bond acceptors (Lipinski definition) is 2. The maximum atomic E-state index is 12.5. The Bertz CT molecular complexity index is 404. The van der Waals surface area contributed by atoms with E-state index in [-0.39, 0.29) is 5.69 Å². The standard InChI is InChI=1S/C9H9F3N2O2/c1-16-7-5(9(10,11)12)3-2-4-6(7)14-8(13)15/h2-4H,1H3,(H3,13,14,15). The van der Waals surface area contributed by atoms with E-state index >= 15 is 0 Å². The molecule has 0 aliphatic carbocycles. The molecule has 1 aromatic rings. The quantitative estimate of drug-likeness (QED) is 0.823. The Morgan fingerprint density at radius 2 is 2.06 bits per heavy atom. The third-order valence-corrected chi connectivity index (χ3v) is 1.78. The van der Waals surface area contributed by atoms with Crippen molar-refractivity contribution >= 4 is 11.7 Å². The molecule has 0 aliphatic rings. The van der Waals surface area contributed by atoms with E-state index in [0.29, 0.717) is 0 Å². The van der Waals surface area contributed by atoms with E-state index in [9.17, 15) is 18.0 Å². The average molecular weight is 234 g/mol. The van der Waals surface area contributed by atoms with Crippen molar-refractivity contribution in [1.29, 1.82) is 0 Å². The fourth-order valence-corrected chi connectivity index (χ4v) is 1.21. The number of ether oxygens (including phenoxy) is 1. The van der Waals surface area contributed by atoms with Gasteiger partial charge in [-0.25, -0.2) is 4.79 Å². The second-order valence-corrected chi connectivity index (χ2v) is 2.87. The van der Waals surface area contributed by atoms with Gasteiger partial charge in [-0.2, -0.15) is 13.2 Å². The molecule has 1 rings (SSSR count). The van der Waals surface area contributed by atoms with Crippen LogP contribution in [0.1, 0.15) is 5.56 Å². The van der Waals surface area contributed by atoms with Crippen molar-refractivity contribution in [3.05, 3.63) is 23.8 Å². The summed E-state index contributed by atoms with van der Waals surface area (Å²) >= 11 is 0. The topological polar surface area (TPSA) is 64.3 Å². The Kier molecular flexibility index (Phi) is 3.26. The first-order valence-corrected chi connectivity index (χ1v) is 4.17. The number of urea groups is 1. The minimum Gasteiger partial charge on any atom is -0.494 e. The van der Waals surface area contributed by atoms with Crippen LogP contribution in [0.4, 0.5) is 23.7 Å². The number of anilines is 1. The number of primary amides is 1. The maximum absolute atomic E-state index is 12.5. The number of hydrogen-bond donors (Lipinski definition) is 2. The van der Waals surface area contributed by atoms with Gasteiger partial charge in [-0.3, -0.25) is 0 Å². The number of carbonyl (C=O) groups excluding carboxylic acids is 1. The van der Waals surface area contributed by atoms with E-state index in [1.165, 1.54) is 6.07 Å². The predicted octanol–water partition coefficient (Wildman–Crippen LogP) is 2.20. The molecule has 2 amide bonds. The molecule has 0 heterocycles. The molecule has 0 aromatic heterocycles. The number of carbonyl (C=O) groups is 1. The zero-order chi connectivity index (χ0) is 12.3. The van der Waals surface area contributed by atoms with Crippen molar-refractivity contribution in [2.75, 3.05) is 12.4 Å². The zero-order valence-corrected chi connectivity index (χ0v) is 8.26. The zero-order valence-electron chi connectivity index (χ0n) is 8.26. The Balaban J connectivity index is 3.26. The smallest absolute Gasteiger partial charge is 0.420 e. The normalized spacial score (nSPS) is 11.0. The highest BCUT2D eigenvalue weighted by molar-refractivity contribution is 5.90. The Morgan fingerprint density at radius 3 is 2.50 bits per heavy atom. The molecular formula is C9H9F3N2O2. The molecule has 0 saturated heterocycles. The number of amides is 2. The van der Waals surface area contributed by atoms with E-state index in [2.05, 4.69) is 10.1 Å². The molecule has 0 atom stereocenters. The van der Waals surface area contributed by atoms with Crippen LogP contribution in [-0.4, -0.2) is 13.1 Å². The largest absolute Gasteiger partial charge is 0.494 e. The summed E-state index contributed by atoms with van der Waals surface area (Å²) in [6.07, 6.45) is -4.55. The minimum absolute atomic E-state index is 0.121. The summed E-state index contributed by atoms with van der Waals surface area (Å²) in [6, 6.07) is 2.30. The number of nitrogens with one attached hydrogen (secondary N) is 1. The van der Waals surface area contributed by atoms with E-state index < -0.39 is 23.5 Å². The molecule has 0 radical (unpaired) electrons. The van der Waals surface area contributed by atoms with Crippen molar-refractivity contribution in [2.24, 2.45) is 5.73 Å². The molecule has 16 heavy (non-hydrogen) atoms. The van der Waals surface area contributed by atoms with Crippen LogP contribution in [0.3, 0.4) is 0 Å². The summed E-state index contributed by atoms with van der Waals surface area (Å²) in [7, 11) is 1.08. The minimum atomic E-state index is -4.55. The summed E-state index contributed by atoms with van der Waals surface area (Å²) in [6.45, 7) is 0. The fourth-order valence-electron chi connectivity index (χ4n) is 1.21. The van der Waals surface area contributed by atoms with Crippen LogP contribution >= 0.6 is 0 Å². The molecule has 0 bridgehead atoms. The van der Waals surface area contributed by atoms with Crippen molar-refractivity contribution in [3.8, 4) is 5.75 Å². The molecule has 4 nitrogen and oxygen atoms in total. The van der Waals surface area contributed by atoms with E-state index in [1.54, 1.807) is 0 Å². The first kappa shape index (κ1) is 12.2. The predicted molar refractivity (Wildman–Crippen MR) is 51.2 cm³/mol. The van der Waals surface area contributed by atoms with Gasteiger partial charge >= 0.3 is 12.2 Å². The number of alkyl halides is 3. The summed E-state index contributed by atoms with van der Waals surface area (Å²) in [5, 5.41) is 2.05. The number of halogens is 3. The maximum Gasteiger partial charge on any atom is 0.420 e. The molecule has 3 N–H and O–H groups in total. The summed E-state index contributed by atoms with van der Waals surface area (Å²) in [5.41, 5.74) is 3.73. The van der Waals surface area contributed by atoms with Gasteiger partial charge in [0.15, 0.2) is 5.75 Å². The highest BCUT2D eigenvalue weighted by Gasteiger charge is 2.35. The van der Waals surface area contributed by atoms with Crippen LogP contribution in [0.25, 0.3) is 0 Å². The number of para-hydroxylation sites is 1. The monoisotopic (exact) mass is 234 g/mol. The molecule has 1 aromatic carbocycles. The summed E-state index contributed by atoms with van der Waals surface area (Å²) in [4.78, 5) is 10.6. The molecule has 0 unspecified atom stereocenters. The van der Waals surface area contributed by atoms with Gasteiger partial charge in [-0.05, 0) is 12.1 Å². The molecule has 0 saturated carbocycles. The van der Waals surface area contributed by atoms with E-state index in [1.807, 2.05) is 0 Å². The second-order valence-electron chi connectivity index (χ2n) is 2.87. The van der Waals surface area contributed by atoms with Crippen LogP contribution in [0.2, 0.25) is 0 Å². The van der Waals surface area contributed by atoms with Gasteiger partial charge in [0.2, 0.25) is 0 Å². The van der Waals surface area contributed by atoms with E-state index in [0.717, 1.165) is 19.2 Å². The molecular weight excluding hydrogens is 225 g/mol. The van der Waals surface area contributed by atoms with Gasteiger partial charge in [0.1, 0.15) is 0 Å². The van der Waals surface area contributed by atoms with Crippen LogP contribution in [0.15, 0.2) is 18.2 Å². The van der Waals surface area contributed by atoms with Crippen LogP contribution in [0, 0.1) is 0 Å². The molecule has 7 heteroatoms. The lowest BCUT2D eigenvalue weighted by Gasteiger charge is -2.15. The van der Waals surface area contributed by atoms with Crippen LogP contribution < -0.4 is 15.8 Å². The summed E-state index contributed by atoms with van der Waals surface area (Å²) < 4.78 is 42.2.